The number of methoxy groups -OCH3 is 1. The highest BCUT2D eigenvalue weighted by Gasteiger charge is 2.23. The fourth-order valence-electron chi connectivity index (χ4n) is 3.86. The molecule has 4 aromatic rings. The van der Waals surface area contributed by atoms with Gasteiger partial charge >= 0.3 is 0 Å². The van der Waals surface area contributed by atoms with Crippen LogP contribution in [0.15, 0.2) is 107 Å². The second kappa shape index (κ2) is 13.4. The minimum Gasteiger partial charge on any atom is -0.497 e. The lowest BCUT2D eigenvalue weighted by Crippen LogP contribution is -2.34. The third-order valence-electron chi connectivity index (χ3n) is 5.85. The highest BCUT2D eigenvalue weighted by Crippen LogP contribution is 2.25. The van der Waals surface area contributed by atoms with Crippen LogP contribution in [0.4, 0.5) is 11.4 Å². The third kappa shape index (κ3) is 7.78. The molecule has 0 heterocycles. The van der Waals surface area contributed by atoms with Crippen LogP contribution in [0.25, 0.3) is 0 Å². The van der Waals surface area contributed by atoms with Gasteiger partial charge in [0, 0.05) is 10.2 Å². The Morgan fingerprint density at radius 3 is 2.41 bits per heavy atom. The second-order valence-electron chi connectivity index (χ2n) is 8.73. The Morgan fingerprint density at radius 2 is 1.69 bits per heavy atom. The zero-order valence-corrected chi connectivity index (χ0v) is 23.2. The number of amides is 2. The maximum absolute atomic E-state index is 13.5. The van der Waals surface area contributed by atoms with Gasteiger partial charge in [-0.25, -0.2) is 0 Å². The number of carbonyl (C=O) groups is 2. The van der Waals surface area contributed by atoms with Gasteiger partial charge in [0.05, 0.1) is 31.1 Å². The van der Waals surface area contributed by atoms with Crippen LogP contribution in [0.2, 0.25) is 0 Å². The Hall–Kier alpha value is -4.43. The minimum atomic E-state index is -0.347. The summed E-state index contributed by atoms with van der Waals surface area (Å²) in [7, 11) is 1.60. The number of nitrogens with zero attached hydrogens (tertiary/aromatic N) is 2. The molecule has 1 N–H and O–H groups in total. The number of hydrogen-bond acceptors (Lipinski definition) is 5. The van der Waals surface area contributed by atoms with E-state index in [0.717, 1.165) is 26.9 Å². The zero-order chi connectivity index (χ0) is 27.6. The number of ether oxygens (including phenoxy) is 1. The monoisotopic (exact) mass is 585 g/mol. The van der Waals surface area contributed by atoms with Crippen molar-refractivity contribution in [2.45, 2.75) is 13.5 Å². The van der Waals surface area contributed by atoms with Crippen LogP contribution in [0.3, 0.4) is 0 Å². The molecule has 4 rings (SSSR count). The molecule has 0 unspecified atom stereocenters. The quantitative estimate of drug-likeness (QED) is 0.168. The smallest absolute Gasteiger partial charge is 0.268 e. The van der Waals surface area contributed by atoms with E-state index in [2.05, 4.69) is 26.4 Å². The summed E-state index contributed by atoms with van der Waals surface area (Å²) < 4.78 is 6.09. The maximum Gasteiger partial charge on any atom is 0.268 e. The van der Waals surface area contributed by atoms with Gasteiger partial charge in [-0.05, 0) is 84.3 Å². The van der Waals surface area contributed by atoms with Gasteiger partial charge in [0.25, 0.3) is 11.8 Å². The van der Waals surface area contributed by atoms with Gasteiger partial charge in [0.2, 0.25) is 0 Å². The number of nitrogens with one attached hydrogen (secondary N) is 1. The molecule has 0 fully saturated rings. The predicted molar refractivity (Wildman–Crippen MR) is 157 cm³/mol. The first kappa shape index (κ1) is 27.6. The Morgan fingerprint density at radius 1 is 0.949 bits per heavy atom. The van der Waals surface area contributed by atoms with E-state index in [9.17, 15) is 9.59 Å². The minimum absolute atomic E-state index is 0.242. The van der Waals surface area contributed by atoms with Gasteiger partial charge in [-0.2, -0.15) is 0 Å². The summed E-state index contributed by atoms with van der Waals surface area (Å²) in [5.41, 5.74) is 4.23. The van der Waals surface area contributed by atoms with Crippen LogP contribution >= 0.6 is 15.9 Å². The first-order valence-corrected chi connectivity index (χ1v) is 13.0. The van der Waals surface area contributed by atoms with Crippen LogP contribution in [-0.2, 0) is 16.2 Å². The molecule has 39 heavy (non-hydrogen) atoms. The summed E-state index contributed by atoms with van der Waals surface area (Å²) in [4.78, 5) is 33.7. The molecule has 198 valence electrons. The van der Waals surface area contributed by atoms with Crippen molar-refractivity contribution >= 4 is 45.3 Å². The van der Waals surface area contributed by atoms with E-state index in [4.69, 9.17) is 9.57 Å². The van der Waals surface area contributed by atoms with Crippen molar-refractivity contribution in [3.8, 4) is 5.75 Å². The van der Waals surface area contributed by atoms with Gasteiger partial charge in [0.15, 0.2) is 6.61 Å². The summed E-state index contributed by atoms with van der Waals surface area (Å²) in [5, 5.41) is 6.89. The molecular formula is C31H28BrN3O4. The number of aryl methyl sites for hydroxylation is 1. The number of benzene rings is 4. The summed E-state index contributed by atoms with van der Waals surface area (Å²) in [6.07, 6.45) is 1.52. The molecule has 8 heteroatoms. The van der Waals surface area contributed by atoms with Crippen LogP contribution < -0.4 is 15.0 Å². The topological polar surface area (TPSA) is 80.2 Å². The van der Waals surface area contributed by atoms with Crippen LogP contribution in [-0.4, -0.2) is 31.7 Å². The number of carbonyl (C=O) groups excluding carboxylic acids is 2. The Labute approximate surface area is 236 Å². The molecule has 0 saturated carbocycles. The summed E-state index contributed by atoms with van der Waals surface area (Å²) in [6.45, 7) is 1.89. The first-order chi connectivity index (χ1) is 18.9. The van der Waals surface area contributed by atoms with Crippen molar-refractivity contribution in [1.82, 2.24) is 0 Å². The average molecular weight is 586 g/mol. The van der Waals surface area contributed by atoms with Gasteiger partial charge in [-0.1, -0.05) is 57.5 Å². The maximum atomic E-state index is 13.5. The van der Waals surface area contributed by atoms with Gasteiger partial charge in [-0.15, -0.1) is 0 Å². The highest BCUT2D eigenvalue weighted by atomic mass is 79.9. The van der Waals surface area contributed by atoms with E-state index >= 15 is 0 Å². The molecule has 7 nitrogen and oxygen atoms in total. The fraction of sp³-hybridized carbons (Fsp3) is 0.129. The van der Waals surface area contributed by atoms with Crippen molar-refractivity contribution < 1.29 is 19.2 Å². The lowest BCUT2D eigenvalue weighted by molar-refractivity contribution is -0.123. The lowest BCUT2D eigenvalue weighted by atomic mass is 10.1. The molecule has 4 aromatic carbocycles. The summed E-state index contributed by atoms with van der Waals surface area (Å²) in [6, 6.07) is 29.5. The van der Waals surface area contributed by atoms with E-state index in [1.165, 1.54) is 11.1 Å². The Balaban J connectivity index is 1.55. The number of rotatable bonds is 10. The van der Waals surface area contributed by atoms with Gasteiger partial charge in [-0.3, -0.25) is 9.59 Å². The second-order valence-corrected chi connectivity index (χ2v) is 9.64. The van der Waals surface area contributed by atoms with E-state index in [-0.39, 0.29) is 25.0 Å². The van der Waals surface area contributed by atoms with Crippen molar-refractivity contribution in [3.05, 3.63) is 124 Å². The normalized spacial score (nSPS) is 10.7. The molecule has 0 aliphatic heterocycles. The molecule has 0 aromatic heterocycles. The van der Waals surface area contributed by atoms with Gasteiger partial charge in [0.1, 0.15) is 5.75 Å². The standard InChI is InChI=1S/C31H28BrN3O4/c1-22-6-5-7-26(18-22)34-31(37)28-8-3-4-9-29(28)35(20-24-10-14-25(32)15-11-24)30(36)21-39-33-19-23-12-16-27(38-2)17-13-23/h3-19H,20-21H2,1-2H3,(H,34,37). The molecule has 0 radical (unpaired) electrons. The Kier molecular flexibility index (Phi) is 9.48. The molecule has 0 spiro atoms. The number of para-hydroxylation sites is 1. The molecule has 0 atom stereocenters. The van der Waals surface area contributed by atoms with Crippen molar-refractivity contribution in [3.63, 3.8) is 0 Å². The van der Waals surface area contributed by atoms with Crippen LogP contribution in [0.5, 0.6) is 5.75 Å². The fourth-order valence-corrected chi connectivity index (χ4v) is 4.13. The van der Waals surface area contributed by atoms with Crippen LogP contribution in [0.1, 0.15) is 27.0 Å². The predicted octanol–water partition coefficient (Wildman–Crippen LogP) is 6.60. The number of halogens is 1. The summed E-state index contributed by atoms with van der Waals surface area (Å²) in [5.74, 6) is 0.0702. The number of hydrogen-bond donors (Lipinski definition) is 1. The SMILES string of the molecule is COc1ccc(C=NOCC(=O)N(Cc2ccc(Br)cc2)c2ccccc2C(=O)Nc2cccc(C)c2)cc1. The largest absolute Gasteiger partial charge is 0.497 e. The Bertz CT molecular complexity index is 1450. The molecule has 0 bridgehead atoms. The van der Waals surface area contributed by atoms with Crippen molar-refractivity contribution in [2.24, 2.45) is 5.16 Å². The van der Waals surface area contributed by atoms with Crippen LogP contribution in [0, 0.1) is 6.92 Å². The van der Waals surface area contributed by atoms with E-state index in [1.807, 2.05) is 79.7 Å². The molecular weight excluding hydrogens is 558 g/mol. The number of anilines is 2. The van der Waals surface area contributed by atoms with E-state index < -0.39 is 0 Å². The van der Waals surface area contributed by atoms with Gasteiger partial charge < -0.3 is 19.8 Å². The first-order valence-electron chi connectivity index (χ1n) is 12.2. The molecule has 0 aliphatic rings. The third-order valence-corrected chi connectivity index (χ3v) is 6.38. The summed E-state index contributed by atoms with van der Waals surface area (Å²) >= 11 is 3.45. The van der Waals surface area contributed by atoms with Crippen molar-refractivity contribution in [1.29, 1.82) is 0 Å². The number of oxime groups is 1. The van der Waals surface area contributed by atoms with E-state index in [0.29, 0.717) is 16.9 Å². The van der Waals surface area contributed by atoms with Crippen molar-refractivity contribution in [2.75, 3.05) is 23.9 Å². The highest BCUT2D eigenvalue weighted by molar-refractivity contribution is 9.10. The molecule has 0 saturated heterocycles. The zero-order valence-electron chi connectivity index (χ0n) is 21.6. The average Bonchev–Trinajstić information content (AvgIpc) is 2.95. The lowest BCUT2D eigenvalue weighted by Gasteiger charge is -2.25. The van der Waals surface area contributed by atoms with E-state index in [1.54, 1.807) is 31.4 Å². The molecule has 2 amide bonds. The molecule has 0 aliphatic carbocycles.